The number of nitrogens with one attached hydrogen (secondary N) is 3. The molecule has 0 saturated heterocycles. The Labute approximate surface area is 382 Å². The largest absolute Gasteiger partial charge is 0.462 e. The number of carbonyl (C=O) groups is 3. The topological polar surface area (TPSA) is 211 Å². The second kappa shape index (κ2) is 21.4. The summed E-state index contributed by atoms with van der Waals surface area (Å²) in [5.41, 5.74) is 1.62. The lowest BCUT2D eigenvalue weighted by Gasteiger charge is -2.20. The minimum atomic E-state index is -0.740. The van der Waals surface area contributed by atoms with Crippen LogP contribution in [0.2, 0.25) is 0 Å². The lowest BCUT2D eigenvalue weighted by Crippen LogP contribution is -2.34. The molecule has 0 unspecified atom stereocenters. The fourth-order valence-corrected chi connectivity index (χ4v) is 7.77. The van der Waals surface area contributed by atoms with Crippen LogP contribution < -0.4 is 27.1 Å². The number of esters is 2. The fourth-order valence-electron chi connectivity index (χ4n) is 6.34. The molecule has 0 fully saturated rings. The lowest BCUT2D eigenvalue weighted by molar-refractivity contribution is 0.0434. The minimum Gasteiger partial charge on any atom is -0.462 e. The molecule has 7 aromatic rings. The number of aryl methyl sites for hydroxylation is 3. The molecule has 17 nitrogen and oxygen atoms in total. The van der Waals surface area contributed by atoms with Crippen molar-refractivity contribution >= 4 is 74.2 Å². The van der Waals surface area contributed by atoms with Gasteiger partial charge in [0.15, 0.2) is 0 Å². The molecule has 7 rings (SSSR count). The highest BCUT2D eigenvalue weighted by Gasteiger charge is 2.28. The Kier molecular flexibility index (Phi) is 15.6. The zero-order valence-corrected chi connectivity index (χ0v) is 38.6. The highest BCUT2D eigenvalue weighted by Crippen LogP contribution is 2.33. The fraction of sp³-hybridized carbons (Fsp3) is 0.283. The number of amides is 1. The molecule has 1 amide bonds. The second-order valence-electron chi connectivity index (χ2n) is 15.0. The van der Waals surface area contributed by atoms with E-state index >= 15 is 0 Å². The van der Waals surface area contributed by atoms with Crippen LogP contribution in [0.1, 0.15) is 67.8 Å². The lowest BCUT2D eigenvalue weighted by atomic mass is 10.1. The molecule has 6 aromatic heterocycles. The first kappa shape index (κ1) is 47.2. The summed E-state index contributed by atoms with van der Waals surface area (Å²) in [4.78, 5) is 74.4. The number of thiophene rings is 2. The van der Waals surface area contributed by atoms with Gasteiger partial charge in [0.05, 0.1) is 46.7 Å². The van der Waals surface area contributed by atoms with E-state index in [1.165, 1.54) is 32.0 Å². The molecule has 3 N–H and O–H groups in total. The van der Waals surface area contributed by atoms with Crippen molar-refractivity contribution in [2.75, 3.05) is 30.4 Å². The first-order valence-electron chi connectivity index (χ1n) is 20.7. The molecular formula is C46H49N9O8S2. The van der Waals surface area contributed by atoms with E-state index in [1.807, 2.05) is 73.1 Å². The summed E-state index contributed by atoms with van der Waals surface area (Å²) < 4.78 is 18.5. The highest BCUT2D eigenvalue weighted by molar-refractivity contribution is 7.13. The molecule has 65 heavy (non-hydrogen) atoms. The number of nitrogens with zero attached hydrogens (tertiary/aromatic N) is 6. The molecule has 0 saturated carbocycles. The molecule has 0 aliphatic rings. The maximum Gasteiger partial charge on any atom is 0.407 e. The van der Waals surface area contributed by atoms with Gasteiger partial charge >= 0.3 is 18.0 Å². The molecule has 6 heterocycles. The maximum absolute atomic E-state index is 13.3. The third kappa shape index (κ3) is 11.5. The summed E-state index contributed by atoms with van der Waals surface area (Å²) in [6, 6.07) is 16.9. The van der Waals surface area contributed by atoms with Gasteiger partial charge in [-0.3, -0.25) is 19.6 Å². The number of alkyl carbamates (subject to hydrolysis) is 1. The molecule has 0 spiro atoms. The number of pyridine rings is 2. The van der Waals surface area contributed by atoms with Crippen LogP contribution in [-0.2, 0) is 27.3 Å². The van der Waals surface area contributed by atoms with E-state index in [-0.39, 0.29) is 42.3 Å². The van der Waals surface area contributed by atoms with E-state index in [4.69, 9.17) is 14.2 Å². The van der Waals surface area contributed by atoms with E-state index in [1.54, 1.807) is 65.5 Å². The number of fused-ring (bicyclic) bond motifs is 1. The van der Waals surface area contributed by atoms with Crippen molar-refractivity contribution in [3.8, 4) is 21.1 Å². The van der Waals surface area contributed by atoms with E-state index in [0.29, 0.717) is 40.7 Å². The van der Waals surface area contributed by atoms with Crippen LogP contribution in [-0.4, -0.2) is 72.9 Å². The molecule has 0 atom stereocenters. The number of hydrogen-bond acceptors (Lipinski definition) is 16. The van der Waals surface area contributed by atoms with Crippen molar-refractivity contribution < 1.29 is 28.6 Å². The minimum absolute atomic E-state index is 0.0164. The predicted octanol–water partition coefficient (Wildman–Crippen LogP) is 8.58. The molecule has 0 aliphatic carbocycles. The SMILES string of the molecule is CCOC(=O)c1c(-c2cccs2)nn(CC)c(=O)c1Nc1cncc2ccccc12.CCn1nc(-c2cccs2)c(C(=O)OCCNC(=O)OC(C)(C)C)c(Nc2cnccc2C)c1=O. The van der Waals surface area contributed by atoms with Crippen LogP contribution in [0.25, 0.3) is 31.9 Å². The van der Waals surface area contributed by atoms with E-state index in [9.17, 15) is 24.0 Å². The van der Waals surface area contributed by atoms with Crippen LogP contribution in [0, 0.1) is 6.92 Å². The van der Waals surface area contributed by atoms with Gasteiger partial charge in [-0.25, -0.2) is 23.7 Å². The Hall–Kier alpha value is -7.25. The highest BCUT2D eigenvalue weighted by atomic mass is 32.1. The standard InChI is InChI=1S/C24H29N5O5S.C22H20N4O3S/c1-6-29-21(30)20(27-16-14-25-10-9-15(16)2)18(19(28-29)17-8-7-13-35-17)22(31)33-12-11-26-23(32)34-24(3,4)5;1-3-26-21(27)20(24-16-13-23-12-14-8-5-6-9-15(14)16)18(22(28)29-4-2)19(25-26)17-10-7-11-30-17/h7-10,13-14,27H,6,11-12H2,1-5H3,(H,26,32);5-13,24H,3-4H2,1-2H3. The first-order chi connectivity index (χ1) is 31.2. The average molecular weight is 920 g/mol. The summed E-state index contributed by atoms with van der Waals surface area (Å²) >= 11 is 2.83. The van der Waals surface area contributed by atoms with Gasteiger partial charge in [-0.2, -0.15) is 10.2 Å². The molecule has 1 aromatic carbocycles. The Morgan fingerprint density at radius 3 is 1.82 bits per heavy atom. The van der Waals surface area contributed by atoms with Gasteiger partial charge in [-0.15, -0.1) is 22.7 Å². The first-order valence-corrected chi connectivity index (χ1v) is 22.5. The number of rotatable bonds is 14. The Bertz CT molecular complexity index is 2900. The van der Waals surface area contributed by atoms with Crippen molar-refractivity contribution in [2.24, 2.45) is 0 Å². The number of anilines is 4. The number of ether oxygens (including phenoxy) is 3. The average Bonchev–Trinajstić information content (AvgIpc) is 4.03. The molecule has 0 bridgehead atoms. The number of carbonyl (C=O) groups excluding carboxylic acids is 3. The second-order valence-corrected chi connectivity index (χ2v) is 16.9. The van der Waals surface area contributed by atoms with Gasteiger partial charge in [-0.05, 0) is 83.0 Å². The summed E-state index contributed by atoms with van der Waals surface area (Å²) in [5.74, 6) is -1.33. The van der Waals surface area contributed by atoms with E-state index < -0.39 is 34.8 Å². The van der Waals surface area contributed by atoms with E-state index in [0.717, 1.165) is 21.2 Å². The van der Waals surface area contributed by atoms with Gasteiger partial charge in [0.2, 0.25) is 0 Å². The van der Waals surface area contributed by atoms with Crippen molar-refractivity contribution in [2.45, 2.75) is 67.2 Å². The van der Waals surface area contributed by atoms with Crippen molar-refractivity contribution in [1.29, 1.82) is 0 Å². The maximum atomic E-state index is 13.3. The van der Waals surface area contributed by atoms with Crippen LogP contribution in [0.15, 0.2) is 99.7 Å². The number of aromatic nitrogens is 6. The van der Waals surface area contributed by atoms with Crippen LogP contribution in [0.3, 0.4) is 0 Å². The van der Waals surface area contributed by atoms with Gasteiger partial charge in [0, 0.05) is 36.3 Å². The van der Waals surface area contributed by atoms with Crippen molar-refractivity contribution in [3.05, 3.63) is 128 Å². The van der Waals surface area contributed by atoms with Gasteiger partial charge in [-0.1, -0.05) is 36.4 Å². The number of benzene rings is 1. The molecule has 338 valence electrons. The molecular weight excluding hydrogens is 871 g/mol. The zero-order chi connectivity index (χ0) is 46.7. The van der Waals surface area contributed by atoms with Crippen LogP contribution >= 0.6 is 22.7 Å². The van der Waals surface area contributed by atoms with Gasteiger partial charge < -0.3 is 30.2 Å². The third-order valence-corrected chi connectivity index (χ3v) is 11.1. The summed E-state index contributed by atoms with van der Waals surface area (Å²) in [5, 5.41) is 23.3. The third-order valence-electron chi connectivity index (χ3n) is 9.33. The number of hydrogen-bond donors (Lipinski definition) is 3. The smallest absolute Gasteiger partial charge is 0.407 e. The quantitative estimate of drug-likeness (QED) is 0.0530. The van der Waals surface area contributed by atoms with Crippen molar-refractivity contribution in [1.82, 2.24) is 34.8 Å². The van der Waals surface area contributed by atoms with Gasteiger partial charge in [0.1, 0.15) is 46.1 Å². The summed E-state index contributed by atoms with van der Waals surface area (Å²) in [7, 11) is 0. The summed E-state index contributed by atoms with van der Waals surface area (Å²) in [6.45, 7) is 13.3. The Morgan fingerprint density at radius 1 is 0.708 bits per heavy atom. The van der Waals surface area contributed by atoms with Crippen molar-refractivity contribution in [3.63, 3.8) is 0 Å². The molecule has 0 aliphatic heterocycles. The normalized spacial score (nSPS) is 11.0. The van der Waals surface area contributed by atoms with Crippen LogP contribution in [0.5, 0.6) is 0 Å². The van der Waals surface area contributed by atoms with Crippen LogP contribution in [0.4, 0.5) is 27.5 Å². The van der Waals surface area contributed by atoms with E-state index in [2.05, 4.69) is 36.1 Å². The Morgan fingerprint density at radius 2 is 1.28 bits per heavy atom. The monoisotopic (exact) mass is 919 g/mol. The Balaban J connectivity index is 0.000000218. The van der Waals surface area contributed by atoms with Gasteiger partial charge in [0.25, 0.3) is 11.1 Å². The predicted molar refractivity (Wildman–Crippen MR) is 253 cm³/mol. The molecule has 0 radical (unpaired) electrons. The zero-order valence-electron chi connectivity index (χ0n) is 37.0. The molecule has 19 heteroatoms. The summed E-state index contributed by atoms with van der Waals surface area (Å²) in [6.07, 6.45) is 5.99.